The van der Waals surface area contributed by atoms with Gasteiger partial charge in [0.2, 0.25) is 17.8 Å². The first-order valence-electron chi connectivity index (χ1n) is 23.2. The number of carboxylic acid groups (broad SMARTS) is 1. The molecular formula is C44H65F3N10O16. The Hall–Kier alpha value is -6.02. The molecule has 0 bridgehead atoms. The number of carbonyl (C=O) groups excluding carboxylic acids is 4. The molecule has 9 N–H and O–H groups in total. The summed E-state index contributed by atoms with van der Waals surface area (Å²) in [7, 11) is 0. The fourth-order valence-electron chi connectivity index (χ4n) is 5.90. The van der Waals surface area contributed by atoms with Crippen LogP contribution in [-0.4, -0.2) is 205 Å². The Balaban J connectivity index is 1.17. The van der Waals surface area contributed by atoms with Gasteiger partial charge in [-0.05, 0) is 30.7 Å². The quantitative estimate of drug-likeness (QED) is 0.0338. The number of hydrogen-bond acceptors (Lipinski definition) is 20. The van der Waals surface area contributed by atoms with Crippen molar-refractivity contribution in [1.29, 1.82) is 0 Å². The Kier molecular flexibility index (Phi) is 30.2. The van der Waals surface area contributed by atoms with Crippen molar-refractivity contribution in [3.05, 3.63) is 52.1 Å². The lowest BCUT2D eigenvalue weighted by molar-refractivity contribution is -0.170. The van der Waals surface area contributed by atoms with Gasteiger partial charge in [0.25, 0.3) is 11.5 Å². The van der Waals surface area contributed by atoms with E-state index in [-0.39, 0.29) is 85.5 Å². The van der Waals surface area contributed by atoms with Crippen LogP contribution in [-0.2, 0) is 68.4 Å². The van der Waals surface area contributed by atoms with Crippen LogP contribution in [0.5, 0.6) is 0 Å². The highest BCUT2D eigenvalue weighted by Crippen LogP contribution is 2.26. The number of nitrogen functional groups attached to an aromatic ring is 1. The van der Waals surface area contributed by atoms with Gasteiger partial charge in [-0.25, -0.2) is 14.8 Å². The van der Waals surface area contributed by atoms with Crippen LogP contribution in [0.1, 0.15) is 35.3 Å². The Morgan fingerprint density at radius 1 is 0.671 bits per heavy atom. The van der Waals surface area contributed by atoms with Crippen LogP contribution in [0.3, 0.4) is 0 Å². The molecule has 3 aromatic rings. The zero-order valence-corrected chi connectivity index (χ0v) is 40.3. The third kappa shape index (κ3) is 26.5. The second kappa shape index (κ2) is 36.0. The molecule has 1 aromatic carbocycles. The van der Waals surface area contributed by atoms with Gasteiger partial charge in [0, 0.05) is 43.7 Å². The molecular weight excluding hydrogens is 982 g/mol. The second-order valence-electron chi connectivity index (χ2n) is 15.1. The number of aromatic nitrogens is 4. The highest BCUT2D eigenvalue weighted by molar-refractivity contribution is 5.99. The molecule has 0 unspecified atom stereocenters. The van der Waals surface area contributed by atoms with Gasteiger partial charge in [-0.1, -0.05) is 0 Å². The summed E-state index contributed by atoms with van der Waals surface area (Å²) in [6.07, 6.45) is -4.91. The number of nitrogens with two attached hydrogens (primary N) is 2. The molecule has 0 aliphatic rings. The minimum Gasteiger partial charge on any atom is -0.480 e. The molecule has 3 rings (SSSR count). The number of carbonyl (C=O) groups is 5. The van der Waals surface area contributed by atoms with Crippen molar-refractivity contribution in [3.8, 4) is 0 Å². The number of alkyl halides is 3. The van der Waals surface area contributed by atoms with E-state index < -0.39 is 48.0 Å². The summed E-state index contributed by atoms with van der Waals surface area (Å²) >= 11 is 0. The van der Waals surface area contributed by atoms with Crippen LogP contribution < -0.4 is 37.9 Å². The first-order chi connectivity index (χ1) is 35.2. The number of H-pyrrole nitrogens is 1. The molecule has 0 spiro atoms. The summed E-state index contributed by atoms with van der Waals surface area (Å²) in [6, 6.07) is 2.64. The number of fused-ring (bicyclic) bond motifs is 1. The smallest absolute Gasteiger partial charge is 0.471 e. The number of aliphatic carboxylic acids is 1. The molecule has 73 heavy (non-hydrogen) atoms. The number of benzene rings is 1. The number of amides is 4. The Bertz CT molecular complexity index is 2160. The van der Waals surface area contributed by atoms with Crippen molar-refractivity contribution in [2.24, 2.45) is 5.73 Å². The van der Waals surface area contributed by atoms with Crippen molar-refractivity contribution >= 4 is 52.4 Å². The Morgan fingerprint density at radius 2 is 1.12 bits per heavy atom. The summed E-state index contributed by atoms with van der Waals surface area (Å²) < 4.78 is 89.5. The lowest BCUT2D eigenvalue weighted by Gasteiger charge is -2.24. The lowest BCUT2D eigenvalue weighted by Crippen LogP contribution is -2.42. The third-order valence-electron chi connectivity index (χ3n) is 9.48. The first kappa shape index (κ1) is 61.3. The summed E-state index contributed by atoms with van der Waals surface area (Å²) in [5, 5.41) is 17.1. The monoisotopic (exact) mass is 1050 g/mol. The van der Waals surface area contributed by atoms with Gasteiger partial charge in [0.05, 0.1) is 137 Å². The maximum Gasteiger partial charge on any atom is 0.471 e. The number of halogens is 3. The molecule has 4 amide bonds. The molecule has 29 heteroatoms. The van der Waals surface area contributed by atoms with Gasteiger partial charge in [-0.15, -0.1) is 0 Å². The topological polar surface area (TPSA) is 352 Å². The minimum atomic E-state index is -5.33. The average Bonchev–Trinajstić information content (AvgIpc) is 3.36. The zero-order chi connectivity index (χ0) is 53.1. The maximum absolute atomic E-state index is 13.6. The maximum atomic E-state index is 13.6. The van der Waals surface area contributed by atoms with E-state index in [9.17, 15) is 47.0 Å². The van der Waals surface area contributed by atoms with E-state index in [1.54, 1.807) is 0 Å². The fraction of sp³-hybridized carbons (Fsp3) is 0.614. The van der Waals surface area contributed by atoms with Crippen molar-refractivity contribution in [1.82, 2.24) is 35.9 Å². The first-order valence-corrected chi connectivity index (χ1v) is 23.2. The van der Waals surface area contributed by atoms with E-state index in [0.29, 0.717) is 117 Å². The predicted octanol–water partition coefficient (Wildman–Crippen LogP) is -0.915. The number of hydrogen-bond donors (Lipinski definition) is 7. The fourth-order valence-corrected chi connectivity index (χ4v) is 5.90. The lowest BCUT2D eigenvalue weighted by atomic mass is 10.1. The summed E-state index contributed by atoms with van der Waals surface area (Å²) in [5.74, 6) is -5.84. The van der Waals surface area contributed by atoms with E-state index in [0.717, 1.165) is 30.5 Å². The van der Waals surface area contributed by atoms with Crippen LogP contribution in [0.25, 0.3) is 11.2 Å². The number of carboxylic acids is 1. The van der Waals surface area contributed by atoms with Gasteiger partial charge < -0.3 is 75.2 Å². The number of aromatic amines is 1. The summed E-state index contributed by atoms with van der Waals surface area (Å²) in [6.45, 7) is 7.20. The summed E-state index contributed by atoms with van der Waals surface area (Å²) in [4.78, 5) is 88.2. The zero-order valence-electron chi connectivity index (χ0n) is 40.3. The van der Waals surface area contributed by atoms with E-state index >= 15 is 0 Å². The van der Waals surface area contributed by atoms with Crippen LogP contribution in [0.4, 0.5) is 24.8 Å². The van der Waals surface area contributed by atoms with E-state index in [4.69, 9.17) is 54.1 Å². The number of nitrogens with one attached hydrogen (secondary N) is 4. The molecule has 2 heterocycles. The Morgan fingerprint density at radius 3 is 1.58 bits per heavy atom. The molecule has 1 atom stereocenters. The average molecular weight is 1050 g/mol. The third-order valence-corrected chi connectivity index (χ3v) is 9.48. The van der Waals surface area contributed by atoms with Crippen molar-refractivity contribution in [2.45, 2.75) is 38.0 Å². The van der Waals surface area contributed by atoms with Crippen LogP contribution in [0.15, 0.2) is 35.3 Å². The number of rotatable bonds is 41. The van der Waals surface area contributed by atoms with E-state index in [2.05, 4.69) is 35.9 Å². The van der Waals surface area contributed by atoms with Crippen LogP contribution in [0.2, 0.25) is 0 Å². The van der Waals surface area contributed by atoms with E-state index in [1.165, 1.54) is 0 Å². The molecule has 26 nitrogen and oxygen atoms in total. The van der Waals surface area contributed by atoms with Crippen molar-refractivity contribution in [3.63, 3.8) is 0 Å². The Labute approximate surface area is 417 Å². The molecule has 0 radical (unpaired) electrons. The number of nitrogens with zero attached hydrogens (tertiary/aromatic N) is 4. The summed E-state index contributed by atoms with van der Waals surface area (Å²) in [5.41, 5.74) is 8.78. The van der Waals surface area contributed by atoms with E-state index in [1.807, 2.05) is 0 Å². The van der Waals surface area contributed by atoms with Gasteiger partial charge in [0.1, 0.15) is 6.04 Å². The second-order valence-corrected chi connectivity index (χ2v) is 15.1. The number of ether oxygens (including phenoxy) is 9. The van der Waals surface area contributed by atoms with Crippen LogP contribution >= 0.6 is 0 Å². The number of anilines is 2. The predicted molar refractivity (Wildman–Crippen MR) is 251 cm³/mol. The highest BCUT2D eigenvalue weighted by atomic mass is 19.4. The van der Waals surface area contributed by atoms with Gasteiger partial charge in [-0.2, -0.15) is 18.2 Å². The normalized spacial score (nSPS) is 11.9. The molecule has 0 aliphatic carbocycles. The SMILES string of the molecule is NCCOCCOCCOCCOCCOCCOCCOCCOCCOCCC(=O)NCCNC(=O)CC[C@H](NC(=O)c1ccc(N(Cc2cnc3nc(N)[nH]c(=O)c3n2)C(=O)C(F)(F)F)cc1)C(=O)O. The molecule has 0 saturated heterocycles. The largest absolute Gasteiger partial charge is 0.480 e. The molecule has 0 saturated carbocycles. The molecule has 0 fully saturated rings. The van der Waals surface area contributed by atoms with Gasteiger partial charge >= 0.3 is 18.1 Å². The molecule has 408 valence electrons. The standard InChI is InChI=1S/C44H65F3N10O16/c45-44(46,47)42(64)57(30-32-29-52-38-37(53-32)40(61)56-43(49)55-38)33-3-1-31(2-4-33)39(60)54-34(41(62)63)5-6-35(58)50-9-10-51-36(59)7-11-65-13-15-67-17-19-69-21-23-71-25-27-73-28-26-72-24-22-70-20-18-68-16-14-66-12-8-48/h1-4,29,34H,5-28,30,48H2,(H,50,58)(H,51,59)(H,54,60)(H,62,63)(H3,49,52,55,56,61)/t34-/m0/s1. The van der Waals surface area contributed by atoms with Crippen LogP contribution in [0, 0.1) is 0 Å². The molecule has 0 aliphatic heterocycles. The minimum absolute atomic E-state index is 0.0317. The molecule has 2 aromatic heterocycles. The van der Waals surface area contributed by atoms with Crippen molar-refractivity contribution in [2.75, 3.05) is 149 Å². The van der Waals surface area contributed by atoms with Crippen molar-refractivity contribution < 1.29 is 84.9 Å². The van der Waals surface area contributed by atoms with Gasteiger partial charge in [0.15, 0.2) is 11.2 Å². The van der Waals surface area contributed by atoms with Gasteiger partial charge in [-0.3, -0.25) is 33.9 Å². The highest BCUT2D eigenvalue weighted by Gasteiger charge is 2.43.